The monoisotopic (exact) mass is 301 g/mol. The molecule has 0 unspecified atom stereocenters. The Bertz CT molecular complexity index is 492. The fourth-order valence-corrected chi connectivity index (χ4v) is 2.72. The van der Waals surface area contributed by atoms with Crippen molar-refractivity contribution in [3.63, 3.8) is 0 Å². The van der Waals surface area contributed by atoms with Gasteiger partial charge in [-0.1, -0.05) is 18.9 Å². The molecule has 0 N–H and O–H groups in total. The highest BCUT2D eigenvalue weighted by atomic mass is 79.9. The van der Waals surface area contributed by atoms with Gasteiger partial charge < -0.3 is 0 Å². The molecule has 1 fully saturated rings. The highest BCUT2D eigenvalue weighted by Gasteiger charge is 2.38. The van der Waals surface area contributed by atoms with Crippen molar-refractivity contribution < 1.29 is 13.6 Å². The second-order valence-corrected chi connectivity index (χ2v) is 4.96. The van der Waals surface area contributed by atoms with Crippen LogP contribution in [0.1, 0.15) is 31.2 Å². The second-order valence-electron chi connectivity index (χ2n) is 4.16. The topological polar surface area (TPSA) is 29.4 Å². The zero-order valence-corrected chi connectivity index (χ0v) is 10.6. The Hall–Kier alpha value is -1.06. The van der Waals surface area contributed by atoms with Crippen LogP contribution in [-0.4, -0.2) is 6.08 Å². The predicted octanol–water partition coefficient (Wildman–Crippen LogP) is 3.83. The van der Waals surface area contributed by atoms with Crippen molar-refractivity contribution in [3.05, 3.63) is 33.8 Å². The highest BCUT2D eigenvalue weighted by Crippen LogP contribution is 2.44. The van der Waals surface area contributed by atoms with Crippen LogP contribution in [0.25, 0.3) is 0 Å². The second kappa shape index (κ2) is 4.67. The molecular formula is C12H10BrF2NO. The molecule has 5 heteroatoms. The molecule has 0 atom stereocenters. The van der Waals surface area contributed by atoms with Gasteiger partial charge in [0.1, 0.15) is 17.2 Å². The summed E-state index contributed by atoms with van der Waals surface area (Å²) in [6, 6.07) is 2.55. The lowest BCUT2D eigenvalue weighted by molar-refractivity contribution is 0.425. The number of halogens is 3. The zero-order valence-electron chi connectivity index (χ0n) is 8.97. The van der Waals surface area contributed by atoms with Crippen LogP contribution in [0, 0.1) is 11.6 Å². The SMILES string of the molecule is O=C=NC1(c2ccc(F)c(Br)c2F)CCCC1. The van der Waals surface area contributed by atoms with E-state index in [-0.39, 0.29) is 10.0 Å². The number of benzene rings is 1. The van der Waals surface area contributed by atoms with Gasteiger partial charge in [-0.25, -0.2) is 13.6 Å². The van der Waals surface area contributed by atoms with Crippen LogP contribution in [-0.2, 0) is 10.3 Å². The molecule has 1 aliphatic carbocycles. The van der Waals surface area contributed by atoms with Gasteiger partial charge in [-0.3, -0.25) is 0 Å². The molecule has 1 saturated carbocycles. The lowest BCUT2D eigenvalue weighted by atomic mass is 9.88. The van der Waals surface area contributed by atoms with Gasteiger partial charge in [0.15, 0.2) is 0 Å². The molecule has 2 nitrogen and oxygen atoms in total. The minimum Gasteiger partial charge on any atom is -0.211 e. The van der Waals surface area contributed by atoms with Crippen LogP contribution in [0.4, 0.5) is 8.78 Å². The Balaban J connectivity index is 2.58. The van der Waals surface area contributed by atoms with Crippen molar-refractivity contribution >= 4 is 22.0 Å². The van der Waals surface area contributed by atoms with Gasteiger partial charge in [-0.15, -0.1) is 0 Å². The Morgan fingerprint density at radius 1 is 1.29 bits per heavy atom. The summed E-state index contributed by atoms with van der Waals surface area (Å²) in [5.41, 5.74) is -0.589. The van der Waals surface area contributed by atoms with E-state index < -0.39 is 17.2 Å². The number of hydrogen-bond acceptors (Lipinski definition) is 2. The molecule has 17 heavy (non-hydrogen) atoms. The van der Waals surface area contributed by atoms with Gasteiger partial charge in [0.2, 0.25) is 6.08 Å². The van der Waals surface area contributed by atoms with Crippen LogP contribution in [0.15, 0.2) is 21.6 Å². The van der Waals surface area contributed by atoms with E-state index in [4.69, 9.17) is 0 Å². The summed E-state index contributed by atoms with van der Waals surface area (Å²) in [5, 5.41) is 0. The van der Waals surface area contributed by atoms with Crippen molar-refractivity contribution in [1.82, 2.24) is 0 Å². The van der Waals surface area contributed by atoms with Gasteiger partial charge in [0.05, 0.1) is 4.47 Å². The summed E-state index contributed by atoms with van der Waals surface area (Å²) < 4.78 is 27.0. The predicted molar refractivity (Wildman–Crippen MR) is 62.3 cm³/mol. The van der Waals surface area contributed by atoms with Crippen molar-refractivity contribution in [2.75, 3.05) is 0 Å². The molecule has 0 radical (unpaired) electrons. The summed E-state index contributed by atoms with van der Waals surface area (Å²) in [6.45, 7) is 0. The lowest BCUT2D eigenvalue weighted by Gasteiger charge is -2.23. The van der Waals surface area contributed by atoms with E-state index >= 15 is 0 Å². The average Bonchev–Trinajstić information content (AvgIpc) is 2.76. The maximum absolute atomic E-state index is 14.0. The molecule has 0 heterocycles. The third-order valence-corrected chi connectivity index (χ3v) is 3.95. The van der Waals surface area contributed by atoms with Crippen LogP contribution < -0.4 is 0 Å². The lowest BCUT2D eigenvalue weighted by Crippen LogP contribution is -2.21. The third kappa shape index (κ3) is 2.05. The van der Waals surface area contributed by atoms with Crippen molar-refractivity contribution in [2.24, 2.45) is 4.99 Å². The molecule has 0 saturated heterocycles. The molecular weight excluding hydrogens is 292 g/mol. The summed E-state index contributed by atoms with van der Waals surface area (Å²) in [7, 11) is 0. The Kier molecular flexibility index (Phi) is 3.40. The molecule has 90 valence electrons. The Morgan fingerprint density at radius 2 is 1.94 bits per heavy atom. The molecule has 0 spiro atoms. The molecule has 0 bridgehead atoms. The van der Waals surface area contributed by atoms with E-state index in [1.54, 1.807) is 0 Å². The van der Waals surface area contributed by atoms with Gasteiger partial charge in [0, 0.05) is 5.56 Å². The quantitative estimate of drug-likeness (QED) is 0.464. The number of isocyanates is 1. The minimum absolute atomic E-state index is 0.206. The molecule has 1 aliphatic rings. The van der Waals surface area contributed by atoms with E-state index in [0.717, 1.165) is 12.8 Å². The number of rotatable bonds is 2. The molecule has 0 aliphatic heterocycles. The first-order valence-corrected chi connectivity index (χ1v) is 6.13. The summed E-state index contributed by atoms with van der Waals surface area (Å²) in [5.74, 6) is -1.33. The van der Waals surface area contributed by atoms with Crippen LogP contribution in [0.2, 0.25) is 0 Å². The van der Waals surface area contributed by atoms with Crippen LogP contribution in [0.3, 0.4) is 0 Å². The number of nitrogens with zero attached hydrogens (tertiary/aromatic N) is 1. The number of hydrogen-bond donors (Lipinski definition) is 0. The average molecular weight is 302 g/mol. The van der Waals surface area contributed by atoms with E-state index in [0.29, 0.717) is 12.8 Å². The smallest absolute Gasteiger partial charge is 0.211 e. The summed E-state index contributed by atoms with van der Waals surface area (Å²) in [4.78, 5) is 14.3. The van der Waals surface area contributed by atoms with E-state index in [2.05, 4.69) is 20.9 Å². The highest BCUT2D eigenvalue weighted by molar-refractivity contribution is 9.10. The van der Waals surface area contributed by atoms with Crippen LogP contribution >= 0.6 is 15.9 Å². The molecule has 1 aromatic rings. The maximum atomic E-state index is 14.0. The van der Waals surface area contributed by atoms with Gasteiger partial charge in [0.25, 0.3) is 0 Å². The Labute approximate surface area is 106 Å². The standard InChI is InChI=1S/C12H10BrF2NO/c13-10-9(14)4-3-8(11(10)15)12(16-7-17)5-1-2-6-12/h3-4H,1-2,5-6H2. The largest absolute Gasteiger partial charge is 0.235 e. The van der Waals surface area contributed by atoms with E-state index in [1.807, 2.05) is 0 Å². The summed E-state index contributed by atoms with van der Waals surface area (Å²) in [6.07, 6.45) is 4.45. The first-order valence-electron chi connectivity index (χ1n) is 5.34. The molecule has 1 aromatic carbocycles. The zero-order chi connectivity index (χ0) is 12.5. The van der Waals surface area contributed by atoms with Crippen LogP contribution in [0.5, 0.6) is 0 Å². The van der Waals surface area contributed by atoms with Gasteiger partial charge in [-0.2, -0.15) is 4.99 Å². The number of aliphatic imine (C=N–C) groups is 1. The number of carbonyl (C=O) groups excluding carboxylic acids is 1. The Morgan fingerprint density at radius 3 is 2.53 bits per heavy atom. The molecule has 2 rings (SSSR count). The van der Waals surface area contributed by atoms with E-state index in [1.165, 1.54) is 18.2 Å². The van der Waals surface area contributed by atoms with Crippen molar-refractivity contribution in [3.8, 4) is 0 Å². The maximum Gasteiger partial charge on any atom is 0.235 e. The first-order chi connectivity index (χ1) is 8.10. The van der Waals surface area contributed by atoms with Crippen molar-refractivity contribution in [1.29, 1.82) is 0 Å². The van der Waals surface area contributed by atoms with Gasteiger partial charge >= 0.3 is 0 Å². The normalized spacial score (nSPS) is 17.8. The fraction of sp³-hybridized carbons (Fsp3) is 0.417. The molecule has 0 aromatic heterocycles. The fourth-order valence-electron chi connectivity index (χ4n) is 2.37. The minimum atomic E-state index is -0.859. The third-order valence-electron chi connectivity index (χ3n) is 3.23. The van der Waals surface area contributed by atoms with Crippen molar-refractivity contribution in [2.45, 2.75) is 31.2 Å². The van der Waals surface area contributed by atoms with E-state index in [9.17, 15) is 13.6 Å². The van der Waals surface area contributed by atoms with Gasteiger partial charge in [-0.05, 0) is 34.8 Å². The first kappa shape index (κ1) is 12.4. The molecule has 0 amide bonds. The summed E-state index contributed by atoms with van der Waals surface area (Å²) >= 11 is 2.86.